The van der Waals surface area contributed by atoms with Gasteiger partial charge in [0.2, 0.25) is 12.0 Å². The SMILES string of the molecule is Cc1ccc2nc(SCC(=O)N3CCN(C(=O)C4COc5ccccc5O4)CC3)[nH]c2c1. The minimum atomic E-state index is -0.653. The Morgan fingerprint density at radius 1 is 1.09 bits per heavy atom. The molecule has 8 nitrogen and oxygen atoms in total. The number of carbonyl (C=O) groups excluding carboxylic acids is 2. The molecule has 9 heteroatoms. The second kappa shape index (κ2) is 8.74. The molecule has 2 aromatic carbocycles. The van der Waals surface area contributed by atoms with Crippen LogP contribution in [-0.2, 0) is 9.59 Å². The number of hydrogen-bond acceptors (Lipinski definition) is 6. The summed E-state index contributed by atoms with van der Waals surface area (Å²) in [4.78, 5) is 36.9. The van der Waals surface area contributed by atoms with Gasteiger partial charge in [0.05, 0.1) is 16.8 Å². The Hall–Kier alpha value is -3.20. The van der Waals surface area contributed by atoms with Crippen LogP contribution >= 0.6 is 11.8 Å². The highest BCUT2D eigenvalue weighted by Gasteiger charge is 2.33. The Kier molecular flexibility index (Phi) is 5.65. The topological polar surface area (TPSA) is 87.8 Å². The molecule has 1 atom stereocenters. The van der Waals surface area contributed by atoms with E-state index in [1.165, 1.54) is 11.8 Å². The van der Waals surface area contributed by atoms with Crippen LogP contribution < -0.4 is 9.47 Å². The maximum absolute atomic E-state index is 12.9. The number of H-pyrrole nitrogens is 1. The molecule has 3 aromatic rings. The first-order valence-electron chi connectivity index (χ1n) is 10.6. The Morgan fingerprint density at radius 2 is 1.84 bits per heavy atom. The van der Waals surface area contributed by atoms with Gasteiger partial charge < -0.3 is 24.3 Å². The second-order valence-corrected chi connectivity index (χ2v) is 8.89. The summed E-state index contributed by atoms with van der Waals surface area (Å²) in [7, 11) is 0. The van der Waals surface area contributed by atoms with Crippen molar-refractivity contribution in [3.8, 4) is 11.5 Å². The van der Waals surface area contributed by atoms with Crippen LogP contribution in [0.2, 0.25) is 0 Å². The van der Waals surface area contributed by atoms with Crippen molar-refractivity contribution >= 4 is 34.6 Å². The molecule has 3 heterocycles. The van der Waals surface area contributed by atoms with E-state index in [0.717, 1.165) is 21.8 Å². The number of benzene rings is 2. The molecule has 2 aliphatic heterocycles. The van der Waals surface area contributed by atoms with E-state index >= 15 is 0 Å². The smallest absolute Gasteiger partial charge is 0.267 e. The number of piperazine rings is 1. The van der Waals surface area contributed by atoms with Crippen LogP contribution in [0, 0.1) is 6.92 Å². The minimum Gasteiger partial charge on any atom is -0.485 e. The van der Waals surface area contributed by atoms with Gasteiger partial charge in [0.15, 0.2) is 16.7 Å². The van der Waals surface area contributed by atoms with Gasteiger partial charge in [-0.3, -0.25) is 9.59 Å². The fourth-order valence-corrected chi connectivity index (χ4v) is 4.70. The summed E-state index contributed by atoms with van der Waals surface area (Å²) in [5, 5.41) is 0.738. The molecule has 1 saturated heterocycles. The molecular weight excluding hydrogens is 428 g/mol. The molecule has 0 spiro atoms. The second-order valence-electron chi connectivity index (χ2n) is 7.92. The fraction of sp³-hybridized carbons (Fsp3) is 0.348. The van der Waals surface area contributed by atoms with Crippen molar-refractivity contribution in [3.05, 3.63) is 48.0 Å². The highest BCUT2D eigenvalue weighted by molar-refractivity contribution is 7.99. The highest BCUT2D eigenvalue weighted by Crippen LogP contribution is 2.31. The van der Waals surface area contributed by atoms with Crippen LogP contribution in [0.5, 0.6) is 11.5 Å². The fourth-order valence-electron chi connectivity index (χ4n) is 3.91. The molecule has 32 heavy (non-hydrogen) atoms. The monoisotopic (exact) mass is 452 g/mol. The van der Waals surface area contributed by atoms with Gasteiger partial charge in [0, 0.05) is 26.2 Å². The normalized spacial score (nSPS) is 18.1. The third-order valence-corrected chi connectivity index (χ3v) is 6.53. The van der Waals surface area contributed by atoms with Gasteiger partial charge in [-0.1, -0.05) is 30.0 Å². The van der Waals surface area contributed by atoms with Crippen molar-refractivity contribution < 1.29 is 19.1 Å². The molecule has 1 unspecified atom stereocenters. The molecule has 1 N–H and O–H groups in total. The van der Waals surface area contributed by atoms with Crippen molar-refractivity contribution in [2.24, 2.45) is 0 Å². The van der Waals surface area contributed by atoms with Gasteiger partial charge in [-0.2, -0.15) is 0 Å². The minimum absolute atomic E-state index is 0.0462. The highest BCUT2D eigenvalue weighted by atomic mass is 32.2. The third-order valence-electron chi connectivity index (χ3n) is 5.68. The molecule has 5 rings (SSSR count). The van der Waals surface area contributed by atoms with Gasteiger partial charge >= 0.3 is 0 Å². The predicted molar refractivity (Wildman–Crippen MR) is 121 cm³/mol. The largest absolute Gasteiger partial charge is 0.485 e. The summed E-state index contributed by atoms with van der Waals surface area (Å²) < 4.78 is 11.5. The Morgan fingerprint density at radius 3 is 2.66 bits per heavy atom. The van der Waals surface area contributed by atoms with E-state index < -0.39 is 6.10 Å². The number of carbonyl (C=O) groups is 2. The molecule has 1 aromatic heterocycles. The van der Waals surface area contributed by atoms with Crippen LogP contribution in [0.25, 0.3) is 11.0 Å². The van der Waals surface area contributed by atoms with Crippen molar-refractivity contribution in [3.63, 3.8) is 0 Å². The number of hydrogen-bond donors (Lipinski definition) is 1. The lowest BCUT2D eigenvalue weighted by Crippen LogP contribution is -2.55. The summed E-state index contributed by atoms with van der Waals surface area (Å²) in [6, 6.07) is 13.4. The van der Waals surface area contributed by atoms with E-state index in [1.54, 1.807) is 15.9 Å². The maximum Gasteiger partial charge on any atom is 0.267 e. The van der Waals surface area contributed by atoms with Gasteiger partial charge in [-0.15, -0.1) is 0 Å². The van der Waals surface area contributed by atoms with Gasteiger partial charge in [-0.05, 0) is 36.8 Å². The number of para-hydroxylation sites is 2. The van der Waals surface area contributed by atoms with E-state index in [4.69, 9.17) is 9.47 Å². The summed E-state index contributed by atoms with van der Waals surface area (Å²) in [5.74, 6) is 1.50. The number of rotatable bonds is 4. The zero-order valence-corrected chi connectivity index (χ0v) is 18.6. The molecular formula is C23H24N4O4S. The van der Waals surface area contributed by atoms with Gasteiger partial charge in [0.1, 0.15) is 6.61 Å². The summed E-state index contributed by atoms with van der Waals surface area (Å²) in [6.07, 6.45) is -0.653. The number of ether oxygens (including phenoxy) is 2. The first kappa shape index (κ1) is 20.7. The summed E-state index contributed by atoms with van der Waals surface area (Å²) in [5.41, 5.74) is 3.04. The number of nitrogens with zero attached hydrogens (tertiary/aromatic N) is 3. The average molecular weight is 453 g/mol. The van der Waals surface area contributed by atoms with Gasteiger partial charge in [0.25, 0.3) is 5.91 Å². The van der Waals surface area contributed by atoms with E-state index in [9.17, 15) is 9.59 Å². The van der Waals surface area contributed by atoms with E-state index in [2.05, 4.69) is 9.97 Å². The summed E-state index contributed by atoms with van der Waals surface area (Å²) >= 11 is 1.40. The average Bonchev–Trinajstić information content (AvgIpc) is 3.24. The van der Waals surface area contributed by atoms with E-state index in [1.807, 2.05) is 43.3 Å². The van der Waals surface area contributed by atoms with Crippen molar-refractivity contribution in [1.29, 1.82) is 0 Å². The molecule has 0 aliphatic carbocycles. The number of aromatic nitrogens is 2. The molecule has 2 amide bonds. The standard InChI is InChI=1S/C23H24N4O4S/c1-15-6-7-16-17(12-15)25-23(24-16)32-14-21(28)26-8-10-27(11-9-26)22(29)20-13-30-18-4-2-3-5-19(18)31-20/h2-7,12,20H,8-11,13-14H2,1H3,(H,24,25). The lowest BCUT2D eigenvalue weighted by atomic mass is 10.2. The van der Waals surface area contributed by atoms with Crippen molar-refractivity contribution in [1.82, 2.24) is 19.8 Å². The zero-order valence-electron chi connectivity index (χ0n) is 17.7. The molecule has 2 aliphatic rings. The lowest BCUT2D eigenvalue weighted by molar-refractivity contribution is -0.145. The van der Waals surface area contributed by atoms with Crippen molar-refractivity contribution in [2.75, 3.05) is 38.5 Å². The predicted octanol–water partition coefficient (Wildman–Crippen LogP) is 2.47. The van der Waals surface area contributed by atoms with Crippen LogP contribution in [0.3, 0.4) is 0 Å². The Bertz CT molecular complexity index is 1160. The zero-order chi connectivity index (χ0) is 22.1. The third kappa shape index (κ3) is 4.25. The molecule has 0 saturated carbocycles. The van der Waals surface area contributed by atoms with E-state index in [0.29, 0.717) is 43.4 Å². The molecule has 166 valence electrons. The Labute approximate surface area is 189 Å². The number of fused-ring (bicyclic) bond motifs is 2. The molecule has 0 bridgehead atoms. The maximum atomic E-state index is 12.9. The Balaban J connectivity index is 1.11. The number of nitrogens with one attached hydrogen (secondary N) is 1. The quantitative estimate of drug-likeness (QED) is 0.612. The molecule has 1 fully saturated rings. The number of imidazole rings is 1. The van der Waals surface area contributed by atoms with Gasteiger partial charge in [-0.25, -0.2) is 4.98 Å². The van der Waals surface area contributed by atoms with Crippen molar-refractivity contribution in [2.45, 2.75) is 18.2 Å². The lowest BCUT2D eigenvalue weighted by Gasteiger charge is -2.37. The van der Waals surface area contributed by atoms with Crippen LogP contribution in [0.4, 0.5) is 0 Å². The number of amides is 2. The summed E-state index contributed by atoms with van der Waals surface area (Å²) in [6.45, 7) is 4.22. The van der Waals surface area contributed by atoms with E-state index in [-0.39, 0.29) is 18.4 Å². The van der Waals surface area contributed by atoms with Crippen LogP contribution in [-0.4, -0.2) is 76.2 Å². The number of aromatic amines is 1. The first-order chi connectivity index (χ1) is 15.6. The van der Waals surface area contributed by atoms with Crippen LogP contribution in [0.15, 0.2) is 47.6 Å². The van der Waals surface area contributed by atoms with Crippen LogP contribution in [0.1, 0.15) is 5.56 Å². The molecule has 0 radical (unpaired) electrons. The first-order valence-corrected chi connectivity index (χ1v) is 11.6. The number of thioether (sulfide) groups is 1. The number of aryl methyl sites for hydroxylation is 1.